The Balaban J connectivity index is 2.54. The van der Waals surface area contributed by atoms with Crippen LogP contribution in [-0.2, 0) is 14.6 Å². The quantitative estimate of drug-likeness (QED) is 0.739. The van der Waals surface area contributed by atoms with E-state index in [4.69, 9.17) is 5.73 Å². The van der Waals surface area contributed by atoms with Gasteiger partial charge in [0.15, 0.2) is 0 Å². The fraction of sp³-hybridized carbons (Fsp3) is 0.417. The van der Waals surface area contributed by atoms with Gasteiger partial charge in [-0.25, -0.2) is 8.42 Å². The van der Waals surface area contributed by atoms with Crippen molar-refractivity contribution >= 4 is 33.2 Å². The highest BCUT2D eigenvalue weighted by Gasteiger charge is 2.16. The van der Waals surface area contributed by atoms with Crippen molar-refractivity contribution < 1.29 is 22.0 Å². The molecular formula is C12H16F2N2O3S2. The summed E-state index contributed by atoms with van der Waals surface area (Å²) in [6, 6.07) is 4.91. The van der Waals surface area contributed by atoms with Crippen LogP contribution < -0.4 is 11.1 Å². The average molecular weight is 338 g/mol. The van der Waals surface area contributed by atoms with Crippen molar-refractivity contribution in [3.63, 3.8) is 0 Å². The highest BCUT2D eigenvalue weighted by Crippen LogP contribution is 2.26. The Morgan fingerprint density at radius 1 is 1.33 bits per heavy atom. The summed E-state index contributed by atoms with van der Waals surface area (Å²) in [5, 5.41) is 2.50. The first-order chi connectivity index (χ1) is 9.67. The number of rotatable bonds is 7. The van der Waals surface area contributed by atoms with E-state index in [0.29, 0.717) is 22.3 Å². The number of benzene rings is 1. The maximum Gasteiger partial charge on any atom is 0.288 e. The van der Waals surface area contributed by atoms with Crippen molar-refractivity contribution in [2.24, 2.45) is 5.73 Å². The molecule has 0 aliphatic rings. The molecule has 1 aromatic rings. The molecule has 0 heterocycles. The molecule has 0 spiro atoms. The maximum absolute atomic E-state index is 12.1. The van der Waals surface area contributed by atoms with E-state index in [1.165, 1.54) is 24.3 Å². The first-order valence-corrected chi connectivity index (χ1v) is 8.90. The molecule has 1 amide bonds. The largest absolute Gasteiger partial charge is 0.325 e. The van der Waals surface area contributed by atoms with Crippen molar-refractivity contribution in [3.05, 3.63) is 24.3 Å². The van der Waals surface area contributed by atoms with E-state index in [1.807, 2.05) is 0 Å². The molecule has 21 heavy (non-hydrogen) atoms. The van der Waals surface area contributed by atoms with E-state index < -0.39 is 27.5 Å². The molecule has 0 aliphatic heterocycles. The van der Waals surface area contributed by atoms with Gasteiger partial charge in [0.25, 0.3) is 5.76 Å². The van der Waals surface area contributed by atoms with Gasteiger partial charge in [-0.15, -0.1) is 0 Å². The van der Waals surface area contributed by atoms with E-state index >= 15 is 0 Å². The van der Waals surface area contributed by atoms with Gasteiger partial charge in [0.1, 0.15) is 9.84 Å². The fourth-order valence-electron chi connectivity index (χ4n) is 1.43. The predicted octanol–water partition coefficient (Wildman–Crippen LogP) is 1.70. The van der Waals surface area contributed by atoms with Crippen LogP contribution in [0.4, 0.5) is 14.5 Å². The van der Waals surface area contributed by atoms with Gasteiger partial charge in [-0.2, -0.15) is 8.78 Å². The lowest BCUT2D eigenvalue weighted by Gasteiger charge is -2.12. The summed E-state index contributed by atoms with van der Waals surface area (Å²) in [6.07, 6.45) is 1.08. The van der Waals surface area contributed by atoms with Crippen LogP contribution in [0.2, 0.25) is 0 Å². The number of halogens is 2. The van der Waals surface area contributed by atoms with E-state index in [0.717, 1.165) is 6.26 Å². The number of nitrogens with two attached hydrogens (primary N) is 1. The van der Waals surface area contributed by atoms with Crippen molar-refractivity contribution in [2.75, 3.05) is 17.3 Å². The van der Waals surface area contributed by atoms with Crippen LogP contribution in [0.3, 0.4) is 0 Å². The normalized spacial score (nSPS) is 13.2. The molecule has 0 bridgehead atoms. The number of nitrogens with one attached hydrogen (secondary N) is 1. The molecule has 0 aromatic heterocycles. The lowest BCUT2D eigenvalue weighted by atomic mass is 10.2. The molecule has 0 aliphatic carbocycles. The molecule has 0 saturated carbocycles. The number of carbonyl (C=O) groups excluding carboxylic acids is 1. The summed E-state index contributed by atoms with van der Waals surface area (Å²) in [7, 11) is -3.18. The second-order valence-corrected chi connectivity index (χ2v) is 7.74. The average Bonchev–Trinajstić information content (AvgIpc) is 2.36. The Morgan fingerprint density at radius 2 is 1.90 bits per heavy atom. The Kier molecular flexibility index (Phi) is 6.56. The Labute approximate surface area is 126 Å². The Hall–Kier alpha value is -1.19. The van der Waals surface area contributed by atoms with Crippen molar-refractivity contribution in [1.29, 1.82) is 0 Å². The van der Waals surface area contributed by atoms with Gasteiger partial charge < -0.3 is 11.1 Å². The molecule has 5 nitrogen and oxygen atoms in total. The van der Waals surface area contributed by atoms with Crippen LogP contribution in [0.5, 0.6) is 0 Å². The summed E-state index contributed by atoms with van der Waals surface area (Å²) in [5.41, 5.74) is 6.00. The third kappa shape index (κ3) is 7.39. The number of alkyl halides is 2. The number of amides is 1. The second kappa shape index (κ2) is 7.71. The standard InChI is InChI=1S/C12H16F2N2O3S2/c1-21(18,19)7-6-10(15)11(17)16-8-2-4-9(5-3-8)20-12(13)14/h2-5,10,12H,6-7,15H2,1H3,(H,16,17). The zero-order valence-corrected chi connectivity index (χ0v) is 12.9. The third-order valence-electron chi connectivity index (χ3n) is 2.48. The molecule has 0 fully saturated rings. The van der Waals surface area contributed by atoms with Gasteiger partial charge in [0.05, 0.1) is 11.8 Å². The van der Waals surface area contributed by atoms with E-state index in [-0.39, 0.29) is 12.2 Å². The molecule has 3 N–H and O–H groups in total. The van der Waals surface area contributed by atoms with Gasteiger partial charge in [-0.1, -0.05) is 11.8 Å². The van der Waals surface area contributed by atoms with E-state index in [9.17, 15) is 22.0 Å². The summed E-state index contributed by atoms with van der Waals surface area (Å²) in [5.74, 6) is -3.20. The van der Waals surface area contributed by atoms with Crippen LogP contribution in [0.1, 0.15) is 6.42 Å². The molecule has 1 atom stereocenters. The third-order valence-corrected chi connectivity index (χ3v) is 4.18. The lowest BCUT2D eigenvalue weighted by molar-refractivity contribution is -0.117. The van der Waals surface area contributed by atoms with Crippen molar-refractivity contribution in [1.82, 2.24) is 0 Å². The SMILES string of the molecule is CS(=O)(=O)CCC(N)C(=O)Nc1ccc(SC(F)F)cc1. The lowest BCUT2D eigenvalue weighted by Crippen LogP contribution is -2.37. The molecule has 0 saturated heterocycles. The number of carbonyl (C=O) groups is 1. The highest BCUT2D eigenvalue weighted by molar-refractivity contribution is 7.99. The molecule has 1 aromatic carbocycles. The fourth-order valence-corrected chi connectivity index (χ4v) is 2.61. The van der Waals surface area contributed by atoms with Crippen LogP contribution >= 0.6 is 11.8 Å². The summed E-state index contributed by atoms with van der Waals surface area (Å²) >= 11 is 0.406. The molecule has 118 valence electrons. The van der Waals surface area contributed by atoms with Gasteiger partial charge >= 0.3 is 0 Å². The maximum atomic E-state index is 12.1. The minimum atomic E-state index is -3.18. The Morgan fingerprint density at radius 3 is 2.38 bits per heavy atom. The van der Waals surface area contributed by atoms with E-state index in [1.54, 1.807) is 0 Å². The first-order valence-electron chi connectivity index (χ1n) is 5.96. The van der Waals surface area contributed by atoms with Crippen molar-refractivity contribution in [3.8, 4) is 0 Å². The molecule has 0 radical (unpaired) electrons. The minimum Gasteiger partial charge on any atom is -0.325 e. The second-order valence-electron chi connectivity index (χ2n) is 4.42. The van der Waals surface area contributed by atoms with Gasteiger partial charge in [-0.05, 0) is 30.7 Å². The number of hydrogen-bond acceptors (Lipinski definition) is 5. The molecule has 9 heteroatoms. The first kappa shape index (κ1) is 17.9. The van der Waals surface area contributed by atoms with E-state index in [2.05, 4.69) is 5.32 Å². The summed E-state index contributed by atoms with van der Waals surface area (Å²) in [4.78, 5) is 12.1. The van der Waals surface area contributed by atoms with Gasteiger partial charge in [0, 0.05) is 16.8 Å². The van der Waals surface area contributed by atoms with Crippen LogP contribution in [0.15, 0.2) is 29.2 Å². The number of hydrogen-bond donors (Lipinski definition) is 2. The molecular weight excluding hydrogens is 322 g/mol. The number of anilines is 1. The zero-order chi connectivity index (χ0) is 16.0. The van der Waals surface area contributed by atoms with Gasteiger partial charge in [0.2, 0.25) is 5.91 Å². The highest BCUT2D eigenvalue weighted by atomic mass is 32.2. The Bertz CT molecular complexity index is 577. The number of thioether (sulfide) groups is 1. The topological polar surface area (TPSA) is 89.3 Å². The van der Waals surface area contributed by atoms with Crippen molar-refractivity contribution in [2.45, 2.75) is 23.1 Å². The smallest absolute Gasteiger partial charge is 0.288 e. The number of sulfone groups is 1. The van der Waals surface area contributed by atoms with Crippen LogP contribution in [0, 0.1) is 0 Å². The summed E-state index contributed by atoms with van der Waals surface area (Å²) in [6.45, 7) is 0. The monoisotopic (exact) mass is 338 g/mol. The van der Waals surface area contributed by atoms with Crippen LogP contribution in [-0.4, -0.2) is 38.1 Å². The molecule has 1 rings (SSSR count). The minimum absolute atomic E-state index is 0.0178. The summed E-state index contributed by atoms with van der Waals surface area (Å²) < 4.78 is 46.3. The molecule has 1 unspecified atom stereocenters. The predicted molar refractivity (Wildman–Crippen MR) is 79.2 cm³/mol. The zero-order valence-electron chi connectivity index (χ0n) is 11.3. The van der Waals surface area contributed by atoms with Gasteiger partial charge in [-0.3, -0.25) is 4.79 Å². The van der Waals surface area contributed by atoms with Crippen LogP contribution in [0.25, 0.3) is 0 Å².